The maximum Gasteiger partial charge on any atom is 0.404 e. The highest BCUT2D eigenvalue weighted by atomic mass is 32.1. The Hall–Kier alpha value is -3.46. The van der Waals surface area contributed by atoms with E-state index in [4.69, 9.17) is 5.11 Å². The number of anilines is 2. The summed E-state index contributed by atoms with van der Waals surface area (Å²) >= 11 is 1.54. The number of rotatable bonds is 7. The summed E-state index contributed by atoms with van der Waals surface area (Å²) in [6, 6.07) is 8.07. The molecule has 160 valence electrons. The lowest BCUT2D eigenvalue weighted by atomic mass is 10.1. The van der Waals surface area contributed by atoms with Gasteiger partial charge in [-0.05, 0) is 37.1 Å². The van der Waals surface area contributed by atoms with Crippen LogP contribution in [0.4, 0.5) is 16.3 Å². The summed E-state index contributed by atoms with van der Waals surface area (Å²) in [5.41, 5.74) is 4.99. The Labute approximate surface area is 184 Å². The van der Waals surface area contributed by atoms with Crippen LogP contribution in [0.2, 0.25) is 0 Å². The Kier molecular flexibility index (Phi) is 5.85. The molecule has 0 aromatic carbocycles. The van der Waals surface area contributed by atoms with Gasteiger partial charge < -0.3 is 19.9 Å². The van der Waals surface area contributed by atoms with Gasteiger partial charge in [-0.15, -0.1) is 11.3 Å². The van der Waals surface area contributed by atoms with Crippen LogP contribution in [-0.4, -0.2) is 37.8 Å². The average molecular weight is 437 g/mol. The third-order valence-corrected chi connectivity index (χ3v) is 6.32. The topological polar surface area (TPSA) is 96.2 Å². The van der Waals surface area contributed by atoms with Crippen LogP contribution in [0.1, 0.15) is 24.3 Å². The smallest absolute Gasteiger partial charge is 0.404 e. The highest BCUT2D eigenvalue weighted by Crippen LogP contribution is 2.32. The fourth-order valence-electron chi connectivity index (χ4n) is 3.49. The number of thiophene rings is 1. The first-order chi connectivity index (χ1) is 15.0. The van der Waals surface area contributed by atoms with Gasteiger partial charge >= 0.3 is 6.09 Å². The number of imidazole rings is 1. The molecule has 9 heteroatoms. The molecule has 8 nitrogen and oxygen atoms in total. The van der Waals surface area contributed by atoms with E-state index in [0.717, 1.165) is 56.5 Å². The number of pyridine rings is 2. The molecule has 0 bridgehead atoms. The summed E-state index contributed by atoms with van der Waals surface area (Å²) in [5, 5.41) is 11.2. The number of fused-ring (bicyclic) bond motifs is 1. The molecule has 0 aliphatic carbocycles. The van der Waals surface area contributed by atoms with Crippen molar-refractivity contribution in [2.45, 2.75) is 33.4 Å². The number of amides is 1. The number of carboxylic acid groups (broad SMARTS) is 1. The van der Waals surface area contributed by atoms with Crippen molar-refractivity contribution in [1.29, 1.82) is 0 Å². The minimum atomic E-state index is -1.03. The summed E-state index contributed by atoms with van der Waals surface area (Å²) in [7, 11) is 2.00. The summed E-state index contributed by atoms with van der Waals surface area (Å²) in [6.45, 7) is 5.36. The molecule has 0 atom stereocenters. The van der Waals surface area contributed by atoms with Crippen LogP contribution in [-0.2, 0) is 19.5 Å². The van der Waals surface area contributed by atoms with Gasteiger partial charge in [-0.2, -0.15) is 0 Å². The second-order valence-corrected chi connectivity index (χ2v) is 8.27. The highest BCUT2D eigenvalue weighted by molar-refractivity contribution is 7.15. The Morgan fingerprint density at radius 3 is 2.77 bits per heavy atom. The predicted octanol–water partition coefficient (Wildman–Crippen LogP) is 4.67. The molecule has 0 saturated carbocycles. The van der Waals surface area contributed by atoms with E-state index >= 15 is 0 Å². The van der Waals surface area contributed by atoms with Crippen LogP contribution >= 0.6 is 11.3 Å². The molecule has 0 radical (unpaired) electrons. The SMILES string of the molecule is CCc1cc(-c2ccc(CNC(=O)O)s2)ncc1N(C)c1cc2c(cn1)ncn2CC. The number of carbonyl (C=O) groups is 1. The summed E-state index contributed by atoms with van der Waals surface area (Å²) in [6.07, 6.45) is 5.35. The van der Waals surface area contributed by atoms with E-state index in [1.807, 2.05) is 31.7 Å². The van der Waals surface area contributed by atoms with E-state index < -0.39 is 6.09 Å². The van der Waals surface area contributed by atoms with Gasteiger partial charge in [0.05, 0.1) is 47.0 Å². The minimum absolute atomic E-state index is 0.296. The number of aromatic nitrogens is 4. The molecule has 4 aromatic rings. The van der Waals surface area contributed by atoms with Crippen molar-refractivity contribution < 1.29 is 9.90 Å². The molecule has 0 fully saturated rings. The standard InChI is InChI=1S/C22H24N6O2S/c1-4-14-8-16(20-7-6-15(31-20)10-25-22(29)30)23-12-19(14)27(3)21-9-18-17(11-24-21)26-13-28(18)5-2/h6-9,11-13,25H,4-5,10H2,1-3H3,(H,29,30). The van der Waals surface area contributed by atoms with E-state index in [0.29, 0.717) is 6.54 Å². The summed E-state index contributed by atoms with van der Waals surface area (Å²) in [4.78, 5) is 28.4. The molecule has 4 aromatic heterocycles. The van der Waals surface area contributed by atoms with Gasteiger partial charge in [-0.1, -0.05) is 6.92 Å². The van der Waals surface area contributed by atoms with Crippen molar-refractivity contribution in [1.82, 2.24) is 24.8 Å². The fraction of sp³-hybridized carbons (Fsp3) is 0.273. The lowest BCUT2D eigenvalue weighted by molar-refractivity contribution is 0.194. The number of hydrogen-bond donors (Lipinski definition) is 2. The highest BCUT2D eigenvalue weighted by Gasteiger charge is 2.15. The first-order valence-electron chi connectivity index (χ1n) is 10.1. The van der Waals surface area contributed by atoms with E-state index in [1.54, 1.807) is 17.5 Å². The van der Waals surface area contributed by atoms with E-state index in [-0.39, 0.29) is 0 Å². The van der Waals surface area contributed by atoms with Crippen LogP contribution in [0.5, 0.6) is 0 Å². The van der Waals surface area contributed by atoms with Crippen molar-refractivity contribution in [3.8, 4) is 10.6 Å². The maximum absolute atomic E-state index is 10.7. The zero-order valence-corrected chi connectivity index (χ0v) is 18.5. The van der Waals surface area contributed by atoms with Gasteiger partial charge in [0.2, 0.25) is 0 Å². The normalized spacial score (nSPS) is 11.1. The molecular weight excluding hydrogens is 412 g/mol. The minimum Gasteiger partial charge on any atom is -0.465 e. The second kappa shape index (κ2) is 8.73. The first kappa shape index (κ1) is 20.8. The van der Waals surface area contributed by atoms with Gasteiger partial charge in [0.15, 0.2) is 0 Å². The third kappa shape index (κ3) is 4.22. The number of aryl methyl sites for hydroxylation is 2. The van der Waals surface area contributed by atoms with Crippen LogP contribution in [0.25, 0.3) is 21.6 Å². The van der Waals surface area contributed by atoms with Gasteiger partial charge in [0.1, 0.15) is 11.3 Å². The second-order valence-electron chi connectivity index (χ2n) is 7.10. The number of nitrogens with one attached hydrogen (secondary N) is 1. The Morgan fingerprint density at radius 1 is 1.19 bits per heavy atom. The lowest BCUT2D eigenvalue weighted by Crippen LogP contribution is -2.19. The van der Waals surface area contributed by atoms with Crippen LogP contribution in [0, 0.1) is 0 Å². The number of hydrogen-bond acceptors (Lipinski definition) is 6. The predicted molar refractivity (Wildman–Crippen MR) is 123 cm³/mol. The molecular formula is C22H24N6O2S. The molecule has 0 spiro atoms. The largest absolute Gasteiger partial charge is 0.465 e. The van der Waals surface area contributed by atoms with E-state index in [2.05, 4.69) is 55.7 Å². The third-order valence-electron chi connectivity index (χ3n) is 5.21. The van der Waals surface area contributed by atoms with Crippen molar-refractivity contribution in [2.75, 3.05) is 11.9 Å². The Balaban J connectivity index is 1.63. The zero-order chi connectivity index (χ0) is 22.0. The Bertz CT molecular complexity index is 1230. The molecule has 0 saturated heterocycles. The average Bonchev–Trinajstić information content (AvgIpc) is 3.43. The van der Waals surface area contributed by atoms with Crippen LogP contribution in [0.15, 0.2) is 43.0 Å². The maximum atomic E-state index is 10.7. The van der Waals surface area contributed by atoms with Crippen molar-refractivity contribution in [2.24, 2.45) is 0 Å². The molecule has 4 rings (SSSR count). The van der Waals surface area contributed by atoms with Gasteiger partial charge in [-0.3, -0.25) is 4.98 Å². The summed E-state index contributed by atoms with van der Waals surface area (Å²) in [5.74, 6) is 0.838. The Morgan fingerprint density at radius 2 is 2.03 bits per heavy atom. The molecule has 0 aliphatic rings. The number of nitrogens with zero attached hydrogens (tertiary/aromatic N) is 5. The molecule has 31 heavy (non-hydrogen) atoms. The molecule has 4 heterocycles. The van der Waals surface area contributed by atoms with Crippen LogP contribution in [0.3, 0.4) is 0 Å². The fourth-order valence-corrected chi connectivity index (χ4v) is 4.41. The molecule has 1 amide bonds. The van der Waals surface area contributed by atoms with E-state index in [1.165, 1.54) is 0 Å². The lowest BCUT2D eigenvalue weighted by Gasteiger charge is -2.21. The van der Waals surface area contributed by atoms with Gasteiger partial charge in [0.25, 0.3) is 0 Å². The van der Waals surface area contributed by atoms with Crippen molar-refractivity contribution >= 4 is 40.0 Å². The van der Waals surface area contributed by atoms with Gasteiger partial charge in [0, 0.05) is 24.5 Å². The van der Waals surface area contributed by atoms with Gasteiger partial charge in [-0.25, -0.2) is 14.8 Å². The molecule has 0 aliphatic heterocycles. The quantitative estimate of drug-likeness (QED) is 0.437. The van der Waals surface area contributed by atoms with E-state index in [9.17, 15) is 4.79 Å². The molecule has 0 unspecified atom stereocenters. The zero-order valence-electron chi connectivity index (χ0n) is 17.7. The van der Waals surface area contributed by atoms with Crippen molar-refractivity contribution in [3.63, 3.8) is 0 Å². The first-order valence-corrected chi connectivity index (χ1v) is 10.9. The molecule has 2 N–H and O–H groups in total. The summed E-state index contributed by atoms with van der Waals surface area (Å²) < 4.78 is 2.10. The monoisotopic (exact) mass is 436 g/mol. The van der Waals surface area contributed by atoms with Crippen LogP contribution < -0.4 is 10.2 Å². The van der Waals surface area contributed by atoms with Crippen molar-refractivity contribution in [3.05, 3.63) is 53.4 Å².